The van der Waals surface area contributed by atoms with Gasteiger partial charge in [-0.3, -0.25) is 19.2 Å². The van der Waals surface area contributed by atoms with E-state index in [1.807, 2.05) is 13.8 Å². The van der Waals surface area contributed by atoms with E-state index in [9.17, 15) is 24.3 Å². The molecule has 9 heteroatoms. The molecule has 9 nitrogen and oxygen atoms in total. The molecule has 0 aromatic heterocycles. The molecule has 0 bridgehead atoms. The van der Waals surface area contributed by atoms with E-state index in [-0.39, 0.29) is 17.4 Å². The van der Waals surface area contributed by atoms with Crippen LogP contribution in [0.25, 0.3) is 0 Å². The number of benzene rings is 1. The maximum absolute atomic E-state index is 12.8. The van der Waals surface area contributed by atoms with Gasteiger partial charge in [0.2, 0.25) is 0 Å². The summed E-state index contributed by atoms with van der Waals surface area (Å²) in [5, 5.41) is 9.80. The Labute approximate surface area is 232 Å². The summed E-state index contributed by atoms with van der Waals surface area (Å²) >= 11 is 0. The van der Waals surface area contributed by atoms with Crippen molar-refractivity contribution in [3.63, 3.8) is 0 Å². The Bertz CT molecular complexity index is 999. The van der Waals surface area contributed by atoms with Crippen LogP contribution in [0.1, 0.15) is 99.5 Å². The number of hydrogen-bond acceptors (Lipinski definition) is 8. The van der Waals surface area contributed by atoms with Crippen molar-refractivity contribution in [3.8, 4) is 11.5 Å². The summed E-state index contributed by atoms with van der Waals surface area (Å²) in [6.07, 6.45) is 2.16. The topological polar surface area (TPSA) is 142 Å². The molecule has 220 valence electrons. The van der Waals surface area contributed by atoms with Gasteiger partial charge in [0.15, 0.2) is 11.5 Å². The summed E-state index contributed by atoms with van der Waals surface area (Å²) in [7, 11) is 0. The smallest absolute Gasteiger partial charge is 0.321 e. The van der Waals surface area contributed by atoms with Crippen molar-refractivity contribution in [1.29, 1.82) is 0 Å². The zero-order valence-electron chi connectivity index (χ0n) is 24.9. The van der Waals surface area contributed by atoms with Crippen molar-refractivity contribution in [2.45, 2.75) is 106 Å². The first-order valence-corrected chi connectivity index (χ1v) is 13.8. The van der Waals surface area contributed by atoms with Crippen molar-refractivity contribution >= 4 is 23.9 Å². The highest BCUT2D eigenvalue weighted by atomic mass is 16.6. The molecule has 0 saturated heterocycles. The largest absolute Gasteiger partial charge is 0.480 e. The second-order valence-corrected chi connectivity index (χ2v) is 11.5. The number of ether oxygens (including phenoxy) is 3. The van der Waals surface area contributed by atoms with Crippen LogP contribution in [0, 0.1) is 23.2 Å². The molecule has 3 N–H and O–H groups in total. The fourth-order valence-corrected chi connectivity index (χ4v) is 4.15. The van der Waals surface area contributed by atoms with E-state index in [1.165, 1.54) is 12.1 Å². The quantitative estimate of drug-likeness (QED) is 0.228. The van der Waals surface area contributed by atoms with Crippen LogP contribution in [0.15, 0.2) is 18.2 Å². The molecular weight excluding hydrogens is 502 g/mol. The summed E-state index contributed by atoms with van der Waals surface area (Å²) < 4.78 is 16.9. The lowest BCUT2D eigenvalue weighted by Gasteiger charge is -2.33. The maximum Gasteiger partial charge on any atom is 0.321 e. The van der Waals surface area contributed by atoms with Crippen molar-refractivity contribution in [3.05, 3.63) is 23.8 Å². The summed E-state index contributed by atoms with van der Waals surface area (Å²) in [5.74, 6) is -4.64. The van der Waals surface area contributed by atoms with E-state index in [1.54, 1.807) is 54.5 Å². The number of carboxylic acids is 1. The second-order valence-electron chi connectivity index (χ2n) is 11.5. The zero-order valence-corrected chi connectivity index (χ0v) is 24.9. The molecule has 5 unspecified atom stereocenters. The number of carbonyl (C=O) groups is 4. The number of rotatable bonds is 14. The number of carbonyl (C=O) groups excluding carboxylic acids is 3. The number of nitrogens with two attached hydrogens (primary N) is 1. The first-order valence-electron chi connectivity index (χ1n) is 13.8. The Morgan fingerprint density at radius 3 is 1.79 bits per heavy atom. The third-order valence-corrected chi connectivity index (χ3v) is 6.91. The molecule has 0 amide bonds. The van der Waals surface area contributed by atoms with Crippen molar-refractivity contribution in [2.24, 2.45) is 28.9 Å². The highest BCUT2D eigenvalue weighted by Gasteiger charge is 2.37. The predicted molar refractivity (Wildman–Crippen MR) is 148 cm³/mol. The number of esters is 3. The van der Waals surface area contributed by atoms with Crippen LogP contribution in [0.3, 0.4) is 0 Å². The Morgan fingerprint density at radius 2 is 1.36 bits per heavy atom. The lowest BCUT2D eigenvalue weighted by Crippen LogP contribution is -2.43. The maximum atomic E-state index is 12.8. The highest BCUT2D eigenvalue weighted by Crippen LogP contribution is 2.38. The molecule has 0 aliphatic carbocycles. The van der Waals surface area contributed by atoms with Crippen LogP contribution in [0.2, 0.25) is 0 Å². The van der Waals surface area contributed by atoms with Gasteiger partial charge in [-0.05, 0) is 58.2 Å². The summed E-state index contributed by atoms with van der Waals surface area (Å²) in [6.45, 7) is 16.1. The summed E-state index contributed by atoms with van der Waals surface area (Å²) in [5.41, 5.74) is 5.85. The van der Waals surface area contributed by atoms with Gasteiger partial charge in [-0.25, -0.2) is 0 Å². The van der Waals surface area contributed by atoms with E-state index in [0.717, 1.165) is 12.8 Å². The Hall–Kier alpha value is -2.94. The number of carboxylic acid groups (broad SMARTS) is 1. The molecule has 1 aromatic carbocycles. The van der Waals surface area contributed by atoms with Gasteiger partial charge in [-0.2, -0.15) is 0 Å². The molecule has 0 radical (unpaired) electrons. The van der Waals surface area contributed by atoms with Crippen LogP contribution in [0.4, 0.5) is 0 Å². The van der Waals surface area contributed by atoms with E-state index in [0.29, 0.717) is 18.4 Å². The molecule has 0 spiro atoms. The van der Waals surface area contributed by atoms with Gasteiger partial charge < -0.3 is 25.1 Å². The van der Waals surface area contributed by atoms with E-state index in [4.69, 9.17) is 19.9 Å². The number of aliphatic carboxylic acids is 1. The third kappa shape index (κ3) is 9.95. The fourth-order valence-electron chi connectivity index (χ4n) is 4.15. The SMILES string of the molecule is CCCC(C)C(=O)Oc1ccc(C(C(C)C(C)OC(=O)C(C)(C)C)[C@H](N)C(=O)O)cc1OC(=O)C(C)CCC. The van der Waals surface area contributed by atoms with Gasteiger partial charge in [-0.1, -0.05) is 53.5 Å². The van der Waals surface area contributed by atoms with Gasteiger partial charge in [0.05, 0.1) is 17.3 Å². The standard InChI is InChI=1S/C30H47NO8/c1-10-12-17(3)27(34)38-22-15-14-21(16-23(22)39-28(35)18(4)13-11-2)24(25(31)26(32)33)19(5)20(6)37-29(36)30(7,8)9/h14-20,24-25H,10-13,31H2,1-9H3,(H,32,33)/t17?,18?,19?,20?,24?,25-/m0/s1. The first kappa shape index (κ1) is 34.1. The highest BCUT2D eigenvalue weighted by molar-refractivity contribution is 5.79. The molecular formula is C30H47NO8. The molecule has 0 aliphatic rings. The van der Waals surface area contributed by atoms with Gasteiger partial charge in [0.25, 0.3) is 0 Å². The predicted octanol–water partition coefficient (Wildman–Crippen LogP) is 5.48. The van der Waals surface area contributed by atoms with Gasteiger partial charge >= 0.3 is 23.9 Å². The van der Waals surface area contributed by atoms with Crippen LogP contribution < -0.4 is 15.2 Å². The van der Waals surface area contributed by atoms with Crippen molar-refractivity contribution < 1.29 is 38.5 Å². The average Bonchev–Trinajstić information content (AvgIpc) is 2.84. The fraction of sp³-hybridized carbons (Fsp3) is 0.667. The van der Waals surface area contributed by atoms with Gasteiger partial charge in [0.1, 0.15) is 12.1 Å². The minimum Gasteiger partial charge on any atom is -0.480 e. The molecule has 0 heterocycles. The molecule has 1 aromatic rings. The Balaban J connectivity index is 3.54. The number of hydrogen-bond donors (Lipinski definition) is 2. The van der Waals surface area contributed by atoms with Crippen LogP contribution in [-0.4, -0.2) is 41.1 Å². The molecule has 0 fully saturated rings. The average molecular weight is 550 g/mol. The van der Waals surface area contributed by atoms with Crippen molar-refractivity contribution in [1.82, 2.24) is 0 Å². The molecule has 0 saturated carbocycles. The van der Waals surface area contributed by atoms with Crippen LogP contribution in [-0.2, 0) is 23.9 Å². The minimum atomic E-state index is -1.35. The molecule has 6 atom stereocenters. The second kappa shape index (κ2) is 15.0. The van der Waals surface area contributed by atoms with E-state index in [2.05, 4.69) is 0 Å². The first-order chi connectivity index (χ1) is 18.0. The molecule has 0 aliphatic heterocycles. The monoisotopic (exact) mass is 549 g/mol. The summed E-state index contributed by atoms with van der Waals surface area (Å²) in [4.78, 5) is 50.0. The lowest BCUT2D eigenvalue weighted by molar-refractivity contribution is -0.160. The Kier molecular flexibility index (Phi) is 13.1. The Morgan fingerprint density at radius 1 is 0.872 bits per heavy atom. The van der Waals surface area contributed by atoms with E-state index < -0.39 is 59.2 Å². The molecule has 1 rings (SSSR count). The normalized spacial score (nSPS) is 16.3. The van der Waals surface area contributed by atoms with E-state index >= 15 is 0 Å². The summed E-state index contributed by atoms with van der Waals surface area (Å²) in [6, 6.07) is 3.23. The van der Waals surface area contributed by atoms with Crippen LogP contribution >= 0.6 is 0 Å². The lowest BCUT2D eigenvalue weighted by atomic mass is 9.79. The van der Waals surface area contributed by atoms with Gasteiger partial charge in [0, 0.05) is 11.8 Å². The van der Waals surface area contributed by atoms with Gasteiger partial charge in [-0.15, -0.1) is 0 Å². The van der Waals surface area contributed by atoms with Crippen LogP contribution in [0.5, 0.6) is 11.5 Å². The van der Waals surface area contributed by atoms with Crippen molar-refractivity contribution in [2.75, 3.05) is 0 Å². The zero-order chi connectivity index (χ0) is 30.1. The third-order valence-electron chi connectivity index (χ3n) is 6.91. The molecule has 39 heavy (non-hydrogen) atoms. The minimum absolute atomic E-state index is 0.00614.